The van der Waals surface area contributed by atoms with Gasteiger partial charge in [0.05, 0.1) is 12.5 Å². The molecule has 0 aliphatic carbocycles. The van der Waals surface area contributed by atoms with E-state index in [0.717, 1.165) is 19.4 Å². The molecule has 0 aromatic rings. The van der Waals surface area contributed by atoms with Crippen molar-refractivity contribution in [1.29, 1.82) is 0 Å². The van der Waals surface area contributed by atoms with Crippen molar-refractivity contribution in [3.63, 3.8) is 0 Å². The van der Waals surface area contributed by atoms with E-state index in [2.05, 4.69) is 5.32 Å². The van der Waals surface area contributed by atoms with E-state index in [1.54, 1.807) is 11.8 Å². The number of carbonyl (C=O) groups is 2. The predicted octanol–water partition coefficient (Wildman–Crippen LogP) is -1.80. The quantitative estimate of drug-likeness (QED) is 0.529. The van der Waals surface area contributed by atoms with Gasteiger partial charge in [-0.1, -0.05) is 0 Å². The third kappa shape index (κ3) is 3.50. The maximum absolute atomic E-state index is 12.1. The molecule has 0 aromatic carbocycles. The maximum Gasteiger partial charge on any atom is 0.475 e. The highest BCUT2D eigenvalue weighted by Crippen LogP contribution is 2.18. The van der Waals surface area contributed by atoms with Gasteiger partial charge in [-0.15, -0.1) is 0 Å². The zero-order valence-electron chi connectivity index (χ0n) is 11.8. The Morgan fingerprint density at radius 3 is 2.65 bits per heavy atom. The number of nitrogens with zero attached hydrogens (tertiary/aromatic N) is 2. The van der Waals surface area contributed by atoms with Crippen LogP contribution in [0.4, 0.5) is 0 Å². The van der Waals surface area contributed by atoms with Gasteiger partial charge in [-0.05, 0) is 19.3 Å². The summed E-state index contributed by atoms with van der Waals surface area (Å²) in [5, 5.41) is 21.6. The summed E-state index contributed by atoms with van der Waals surface area (Å²) in [6.45, 7) is 3.66. The minimum Gasteiger partial charge on any atom is -0.426 e. The third-order valence-corrected chi connectivity index (χ3v) is 4.14. The van der Waals surface area contributed by atoms with E-state index in [4.69, 9.17) is 0 Å². The average Bonchev–Trinajstić information content (AvgIpc) is 3.04. The van der Waals surface area contributed by atoms with Crippen molar-refractivity contribution in [2.24, 2.45) is 0 Å². The highest BCUT2D eigenvalue weighted by molar-refractivity contribution is 6.43. The molecule has 0 aromatic heterocycles. The molecule has 2 atom stereocenters. The smallest absolute Gasteiger partial charge is 0.426 e. The summed E-state index contributed by atoms with van der Waals surface area (Å²) in [5.41, 5.74) is 0. The molecule has 2 aliphatic rings. The molecule has 0 spiro atoms. The monoisotopic (exact) mass is 283 g/mol. The van der Waals surface area contributed by atoms with Crippen molar-refractivity contribution < 1.29 is 19.6 Å². The molecule has 112 valence electrons. The number of hydrogen-bond donors (Lipinski definition) is 3. The van der Waals surface area contributed by atoms with E-state index in [0.29, 0.717) is 19.5 Å². The van der Waals surface area contributed by atoms with Gasteiger partial charge in [-0.25, -0.2) is 0 Å². The van der Waals surface area contributed by atoms with Gasteiger partial charge in [0, 0.05) is 32.6 Å². The molecule has 2 fully saturated rings. The first-order chi connectivity index (χ1) is 9.49. The van der Waals surface area contributed by atoms with Crippen LogP contribution in [0.2, 0.25) is 0 Å². The molecule has 0 saturated carbocycles. The molecule has 2 saturated heterocycles. The second kappa shape index (κ2) is 6.56. The lowest BCUT2D eigenvalue weighted by molar-refractivity contribution is -0.130. The molecular formula is C12H22BN3O4. The third-order valence-electron chi connectivity index (χ3n) is 4.14. The summed E-state index contributed by atoms with van der Waals surface area (Å²) >= 11 is 0. The molecule has 0 unspecified atom stereocenters. The summed E-state index contributed by atoms with van der Waals surface area (Å²) in [4.78, 5) is 26.6. The van der Waals surface area contributed by atoms with E-state index in [-0.39, 0.29) is 24.4 Å². The van der Waals surface area contributed by atoms with Crippen molar-refractivity contribution in [3.8, 4) is 0 Å². The van der Waals surface area contributed by atoms with Crippen molar-refractivity contribution in [3.05, 3.63) is 0 Å². The lowest BCUT2D eigenvalue weighted by atomic mass is 9.78. The lowest BCUT2D eigenvalue weighted by Crippen LogP contribution is -2.49. The summed E-state index contributed by atoms with van der Waals surface area (Å²) < 4.78 is 0. The van der Waals surface area contributed by atoms with E-state index in [9.17, 15) is 19.6 Å². The van der Waals surface area contributed by atoms with E-state index in [1.807, 2.05) is 0 Å². The van der Waals surface area contributed by atoms with Gasteiger partial charge in [0.25, 0.3) is 0 Å². The van der Waals surface area contributed by atoms with Crippen molar-refractivity contribution >= 4 is 18.9 Å². The van der Waals surface area contributed by atoms with Crippen LogP contribution in [0.15, 0.2) is 0 Å². The normalized spacial score (nSPS) is 26.1. The molecule has 2 heterocycles. The van der Waals surface area contributed by atoms with Crippen LogP contribution in [0.3, 0.4) is 0 Å². The van der Waals surface area contributed by atoms with Crippen LogP contribution in [0.1, 0.15) is 26.2 Å². The fraction of sp³-hybridized carbons (Fsp3) is 0.833. The number of likely N-dealkylation sites (tertiary alicyclic amines) is 2. The highest BCUT2D eigenvalue weighted by atomic mass is 16.4. The first-order valence-corrected chi connectivity index (χ1v) is 7.13. The zero-order chi connectivity index (χ0) is 14.7. The van der Waals surface area contributed by atoms with Gasteiger partial charge in [-0.3, -0.25) is 9.59 Å². The van der Waals surface area contributed by atoms with Gasteiger partial charge < -0.3 is 25.2 Å². The van der Waals surface area contributed by atoms with Crippen LogP contribution in [0.25, 0.3) is 0 Å². The molecule has 20 heavy (non-hydrogen) atoms. The van der Waals surface area contributed by atoms with E-state index >= 15 is 0 Å². The van der Waals surface area contributed by atoms with Gasteiger partial charge >= 0.3 is 7.12 Å². The van der Waals surface area contributed by atoms with Crippen molar-refractivity contribution in [2.45, 2.75) is 38.2 Å². The molecule has 2 amide bonds. The molecule has 8 heteroatoms. The number of hydrogen-bond acceptors (Lipinski definition) is 5. The van der Waals surface area contributed by atoms with Gasteiger partial charge in [0.1, 0.15) is 0 Å². The fourth-order valence-electron chi connectivity index (χ4n) is 2.96. The number of amides is 2. The summed E-state index contributed by atoms with van der Waals surface area (Å²) in [6, 6.07) is 0.142. The molecule has 2 rings (SSSR count). The van der Waals surface area contributed by atoms with Crippen LogP contribution in [0, 0.1) is 0 Å². The first kappa shape index (κ1) is 15.3. The molecule has 3 N–H and O–H groups in total. The Labute approximate surface area is 119 Å². The topological polar surface area (TPSA) is 93.1 Å². The van der Waals surface area contributed by atoms with Crippen LogP contribution in [-0.2, 0) is 9.59 Å². The molecule has 0 bridgehead atoms. The van der Waals surface area contributed by atoms with E-state index in [1.165, 1.54) is 4.90 Å². The molecule has 7 nitrogen and oxygen atoms in total. The summed E-state index contributed by atoms with van der Waals surface area (Å²) in [5.74, 6) is -0.535. The van der Waals surface area contributed by atoms with Crippen LogP contribution in [-0.4, -0.2) is 76.9 Å². The molecule has 2 aliphatic heterocycles. The summed E-state index contributed by atoms with van der Waals surface area (Å²) in [6.07, 6.45) is 2.28. The van der Waals surface area contributed by atoms with Crippen LogP contribution in [0.5, 0.6) is 0 Å². The maximum atomic E-state index is 12.1. The Morgan fingerprint density at radius 1 is 1.30 bits per heavy atom. The Bertz CT molecular complexity index is 380. The predicted molar refractivity (Wildman–Crippen MR) is 73.6 cm³/mol. The Hall–Kier alpha value is -1.12. The average molecular weight is 283 g/mol. The SMILES string of the molecule is CC(=O)N1CC[C@H](NCC(=O)N2CCC[C@@H]2B(O)O)C1. The van der Waals surface area contributed by atoms with Crippen LogP contribution >= 0.6 is 0 Å². The Morgan fingerprint density at radius 2 is 2.05 bits per heavy atom. The highest BCUT2D eigenvalue weighted by Gasteiger charge is 2.36. The number of carbonyl (C=O) groups excluding carboxylic acids is 2. The summed E-state index contributed by atoms with van der Waals surface area (Å²) in [7, 11) is -1.47. The Kier molecular flexibility index (Phi) is 5.01. The van der Waals surface area contributed by atoms with Gasteiger partial charge in [0.15, 0.2) is 0 Å². The van der Waals surface area contributed by atoms with Crippen molar-refractivity contribution in [1.82, 2.24) is 15.1 Å². The number of nitrogens with one attached hydrogen (secondary N) is 1. The number of rotatable bonds is 4. The van der Waals surface area contributed by atoms with Gasteiger partial charge in [-0.2, -0.15) is 0 Å². The lowest BCUT2D eigenvalue weighted by Gasteiger charge is -2.25. The van der Waals surface area contributed by atoms with Gasteiger partial charge in [0.2, 0.25) is 11.8 Å². The minimum atomic E-state index is -1.47. The first-order valence-electron chi connectivity index (χ1n) is 7.13. The fourth-order valence-corrected chi connectivity index (χ4v) is 2.96. The van der Waals surface area contributed by atoms with Crippen LogP contribution < -0.4 is 5.32 Å². The molecular weight excluding hydrogens is 261 g/mol. The van der Waals surface area contributed by atoms with E-state index < -0.39 is 13.1 Å². The standard InChI is InChI=1S/C12H22BN3O4/c1-9(17)15-6-4-10(8-15)14-7-12(18)16-5-2-3-11(16)13(19)20/h10-11,14,19-20H,2-8H2,1H3/t10-,11+/m0/s1. The second-order valence-corrected chi connectivity index (χ2v) is 5.54. The molecule has 0 radical (unpaired) electrons. The largest absolute Gasteiger partial charge is 0.475 e. The Balaban J connectivity index is 1.77. The second-order valence-electron chi connectivity index (χ2n) is 5.54. The zero-order valence-corrected chi connectivity index (χ0v) is 11.8. The van der Waals surface area contributed by atoms with Crippen molar-refractivity contribution in [2.75, 3.05) is 26.2 Å². The minimum absolute atomic E-state index is 0.0589.